The van der Waals surface area contributed by atoms with Crippen molar-refractivity contribution in [2.24, 2.45) is 0 Å². The lowest BCUT2D eigenvalue weighted by atomic mass is 10.2. The number of benzene rings is 3. The Hall–Kier alpha value is -3.57. The molecule has 0 radical (unpaired) electrons. The van der Waals surface area contributed by atoms with Crippen molar-refractivity contribution in [1.29, 1.82) is 0 Å². The minimum Gasteiger partial charge on any atom is -0.489 e. The number of imidazole rings is 1. The van der Waals surface area contributed by atoms with Crippen LogP contribution in [-0.2, 0) is 6.61 Å². The molecule has 2 aromatic heterocycles. The molecule has 0 aliphatic rings. The van der Waals surface area contributed by atoms with Gasteiger partial charge in [0.2, 0.25) is 0 Å². The van der Waals surface area contributed by atoms with Crippen molar-refractivity contribution in [3.63, 3.8) is 0 Å². The first-order valence-electron chi connectivity index (χ1n) is 10.0. The zero-order chi connectivity index (χ0) is 21.5. The van der Waals surface area contributed by atoms with E-state index in [-0.39, 0.29) is 0 Å². The number of fused-ring (bicyclic) bond motifs is 3. The molecule has 0 atom stereocenters. The SMILES string of the molecule is Cc1nc(-c2ccccc2Cl)n2c1c(C)nc1cc(OCc3cccc(N)c3)ccc12. The molecule has 5 aromatic rings. The van der Waals surface area contributed by atoms with E-state index >= 15 is 0 Å². The van der Waals surface area contributed by atoms with Gasteiger partial charge in [0.05, 0.1) is 33.0 Å². The Morgan fingerprint density at radius 1 is 0.935 bits per heavy atom. The maximum absolute atomic E-state index is 6.50. The second-order valence-electron chi connectivity index (χ2n) is 7.57. The van der Waals surface area contributed by atoms with Gasteiger partial charge in [-0.1, -0.05) is 35.9 Å². The molecule has 0 unspecified atom stereocenters. The minimum absolute atomic E-state index is 0.437. The first kappa shape index (κ1) is 19.4. The van der Waals surface area contributed by atoms with E-state index in [0.717, 1.165) is 56.3 Å². The summed E-state index contributed by atoms with van der Waals surface area (Å²) in [6.45, 7) is 4.44. The van der Waals surface area contributed by atoms with Gasteiger partial charge in [0.15, 0.2) is 0 Å². The van der Waals surface area contributed by atoms with E-state index in [0.29, 0.717) is 11.6 Å². The van der Waals surface area contributed by atoms with Crippen LogP contribution in [0.15, 0.2) is 66.7 Å². The summed E-state index contributed by atoms with van der Waals surface area (Å²) >= 11 is 6.50. The summed E-state index contributed by atoms with van der Waals surface area (Å²) in [4.78, 5) is 9.66. The largest absolute Gasteiger partial charge is 0.489 e. The number of ether oxygens (including phenoxy) is 1. The molecule has 2 heterocycles. The highest BCUT2D eigenvalue weighted by Gasteiger charge is 2.18. The van der Waals surface area contributed by atoms with Crippen molar-refractivity contribution in [3.05, 3.63) is 88.7 Å². The average molecular weight is 429 g/mol. The Morgan fingerprint density at radius 2 is 1.74 bits per heavy atom. The summed E-state index contributed by atoms with van der Waals surface area (Å²) in [6.07, 6.45) is 0. The van der Waals surface area contributed by atoms with Crippen LogP contribution in [0.2, 0.25) is 5.02 Å². The van der Waals surface area contributed by atoms with Crippen molar-refractivity contribution < 1.29 is 4.74 Å². The Kier molecular flexibility index (Phi) is 4.75. The van der Waals surface area contributed by atoms with Crippen LogP contribution >= 0.6 is 11.6 Å². The predicted molar refractivity (Wildman–Crippen MR) is 126 cm³/mol. The normalized spacial score (nSPS) is 11.3. The number of aryl methyl sites for hydroxylation is 2. The molecule has 5 rings (SSSR count). The van der Waals surface area contributed by atoms with Gasteiger partial charge < -0.3 is 10.5 Å². The van der Waals surface area contributed by atoms with Gasteiger partial charge in [-0.15, -0.1) is 0 Å². The van der Waals surface area contributed by atoms with Crippen LogP contribution in [-0.4, -0.2) is 14.4 Å². The monoisotopic (exact) mass is 428 g/mol. The second-order valence-corrected chi connectivity index (χ2v) is 7.97. The van der Waals surface area contributed by atoms with Crippen molar-refractivity contribution in [2.45, 2.75) is 20.5 Å². The van der Waals surface area contributed by atoms with Crippen LogP contribution in [0.3, 0.4) is 0 Å². The van der Waals surface area contributed by atoms with E-state index in [1.807, 2.05) is 80.6 Å². The third-order valence-electron chi connectivity index (χ3n) is 5.34. The fourth-order valence-corrected chi connectivity index (χ4v) is 4.19. The Balaban J connectivity index is 1.62. The maximum atomic E-state index is 6.50. The van der Waals surface area contributed by atoms with Gasteiger partial charge in [0.1, 0.15) is 18.2 Å². The quantitative estimate of drug-likeness (QED) is 0.357. The summed E-state index contributed by atoms with van der Waals surface area (Å²) in [5, 5.41) is 0.666. The van der Waals surface area contributed by atoms with E-state index in [1.54, 1.807) is 0 Å². The van der Waals surface area contributed by atoms with Gasteiger partial charge in [-0.25, -0.2) is 9.97 Å². The molecule has 0 amide bonds. The molecule has 0 bridgehead atoms. The zero-order valence-electron chi connectivity index (χ0n) is 17.3. The lowest BCUT2D eigenvalue weighted by Crippen LogP contribution is -2.00. The molecule has 5 nitrogen and oxygen atoms in total. The molecule has 0 aliphatic carbocycles. The number of hydrogen-bond donors (Lipinski definition) is 1. The van der Waals surface area contributed by atoms with Gasteiger partial charge in [0.25, 0.3) is 0 Å². The number of nitrogen functional groups attached to an aromatic ring is 1. The maximum Gasteiger partial charge on any atom is 0.146 e. The third-order valence-corrected chi connectivity index (χ3v) is 5.67. The van der Waals surface area contributed by atoms with Gasteiger partial charge >= 0.3 is 0 Å². The van der Waals surface area contributed by atoms with Gasteiger partial charge in [-0.05, 0) is 55.8 Å². The van der Waals surface area contributed by atoms with Crippen molar-refractivity contribution in [2.75, 3.05) is 5.73 Å². The number of nitrogens with two attached hydrogens (primary N) is 1. The molecule has 0 spiro atoms. The van der Waals surface area contributed by atoms with Gasteiger partial charge in [-0.3, -0.25) is 4.40 Å². The summed E-state index contributed by atoms with van der Waals surface area (Å²) in [6, 6.07) is 21.4. The summed E-state index contributed by atoms with van der Waals surface area (Å²) in [7, 11) is 0. The van der Waals surface area contributed by atoms with Crippen LogP contribution in [0.1, 0.15) is 17.0 Å². The van der Waals surface area contributed by atoms with Gasteiger partial charge in [0, 0.05) is 17.3 Å². The van der Waals surface area contributed by atoms with Crippen LogP contribution in [0.5, 0.6) is 5.75 Å². The van der Waals surface area contributed by atoms with Crippen molar-refractivity contribution in [1.82, 2.24) is 14.4 Å². The fraction of sp³-hybridized carbons (Fsp3) is 0.120. The lowest BCUT2D eigenvalue weighted by molar-refractivity contribution is 0.306. The fourth-order valence-electron chi connectivity index (χ4n) is 3.97. The summed E-state index contributed by atoms with van der Waals surface area (Å²) < 4.78 is 8.14. The Labute approximate surface area is 185 Å². The molecule has 0 fully saturated rings. The number of nitrogens with zero attached hydrogens (tertiary/aromatic N) is 3. The highest BCUT2D eigenvalue weighted by molar-refractivity contribution is 6.33. The number of hydrogen-bond acceptors (Lipinski definition) is 4. The van der Waals surface area contributed by atoms with Crippen LogP contribution in [0.4, 0.5) is 5.69 Å². The lowest BCUT2D eigenvalue weighted by Gasteiger charge is -2.11. The molecular weight excluding hydrogens is 408 g/mol. The number of anilines is 1. The Bertz CT molecular complexity index is 1440. The molecule has 0 saturated heterocycles. The molecule has 3 aromatic carbocycles. The minimum atomic E-state index is 0.437. The predicted octanol–water partition coefficient (Wildman–Crippen LogP) is 5.98. The molecule has 154 valence electrons. The highest BCUT2D eigenvalue weighted by Crippen LogP contribution is 2.33. The van der Waals surface area contributed by atoms with Crippen molar-refractivity contribution >= 4 is 33.8 Å². The molecular formula is C25H21ClN4O. The number of aromatic nitrogens is 3. The van der Waals surface area contributed by atoms with Gasteiger partial charge in [-0.2, -0.15) is 0 Å². The van der Waals surface area contributed by atoms with E-state index in [9.17, 15) is 0 Å². The summed E-state index contributed by atoms with van der Waals surface area (Å²) in [5.74, 6) is 1.55. The molecule has 0 saturated carbocycles. The Morgan fingerprint density at radius 3 is 2.55 bits per heavy atom. The van der Waals surface area contributed by atoms with E-state index in [1.165, 1.54) is 0 Å². The molecule has 2 N–H and O–H groups in total. The zero-order valence-corrected chi connectivity index (χ0v) is 18.0. The van der Waals surface area contributed by atoms with Crippen LogP contribution in [0, 0.1) is 13.8 Å². The number of halogens is 1. The van der Waals surface area contributed by atoms with Crippen LogP contribution in [0.25, 0.3) is 27.9 Å². The first-order chi connectivity index (χ1) is 15.0. The summed E-state index contributed by atoms with van der Waals surface area (Å²) in [5.41, 5.74) is 13.1. The highest BCUT2D eigenvalue weighted by atomic mass is 35.5. The third kappa shape index (κ3) is 3.47. The molecule has 31 heavy (non-hydrogen) atoms. The standard InChI is InChI=1S/C25H21ClN4O/c1-15-24-16(2)29-25(20-8-3-4-9-21(20)26)30(24)23-11-10-19(13-22(23)28-15)31-14-17-6-5-7-18(27)12-17/h3-13H,14,27H2,1-2H3. The van der Waals surface area contributed by atoms with E-state index in [2.05, 4.69) is 4.40 Å². The topological polar surface area (TPSA) is 65.4 Å². The number of rotatable bonds is 4. The smallest absolute Gasteiger partial charge is 0.146 e. The van der Waals surface area contributed by atoms with Crippen molar-refractivity contribution in [3.8, 4) is 17.1 Å². The molecule has 6 heteroatoms. The van der Waals surface area contributed by atoms with E-state index in [4.69, 9.17) is 32.0 Å². The van der Waals surface area contributed by atoms with E-state index < -0.39 is 0 Å². The first-order valence-corrected chi connectivity index (χ1v) is 10.4. The molecule has 0 aliphatic heterocycles. The average Bonchev–Trinajstić information content (AvgIpc) is 3.10. The second kappa shape index (κ2) is 7.60. The van der Waals surface area contributed by atoms with Crippen LogP contribution < -0.4 is 10.5 Å².